The van der Waals surface area contributed by atoms with Gasteiger partial charge in [0.1, 0.15) is 6.07 Å². The van der Waals surface area contributed by atoms with E-state index >= 15 is 0 Å². The summed E-state index contributed by atoms with van der Waals surface area (Å²) in [7, 11) is 1.69. The highest BCUT2D eigenvalue weighted by molar-refractivity contribution is 5.81. The first-order valence-corrected chi connectivity index (χ1v) is 10.2. The predicted octanol–water partition coefficient (Wildman–Crippen LogP) is 2.14. The van der Waals surface area contributed by atoms with E-state index in [1.54, 1.807) is 18.1 Å². The molecule has 12 heteroatoms. The highest BCUT2D eigenvalue weighted by Gasteiger charge is 2.38. The van der Waals surface area contributed by atoms with Gasteiger partial charge in [-0.05, 0) is 19.8 Å². The normalized spacial score (nSPS) is 19.1. The SMILES string of the molecule is C[C@@H]1CN(c2nc(-c3cnn(C)c3)nc(OCC(F)(F)F)c2C#N)CCN1C(=O)C1CC1. The average Bonchev–Trinajstić information content (AvgIpc) is 3.51. The number of halogens is 3. The number of rotatable bonds is 5. The van der Waals surface area contributed by atoms with Crippen LogP contribution in [0.3, 0.4) is 0 Å². The number of amides is 1. The molecular weight excluding hydrogens is 427 g/mol. The second-order valence-corrected chi connectivity index (χ2v) is 8.07. The van der Waals surface area contributed by atoms with Crippen LogP contribution in [0.15, 0.2) is 12.4 Å². The van der Waals surface area contributed by atoms with E-state index in [1.807, 2.05) is 17.9 Å². The fraction of sp³-hybridized carbons (Fsp3) is 0.550. The highest BCUT2D eigenvalue weighted by atomic mass is 19.4. The van der Waals surface area contributed by atoms with Gasteiger partial charge in [0, 0.05) is 44.8 Å². The van der Waals surface area contributed by atoms with Crippen molar-refractivity contribution in [3.05, 3.63) is 18.0 Å². The van der Waals surface area contributed by atoms with Gasteiger partial charge in [-0.2, -0.15) is 28.5 Å². The van der Waals surface area contributed by atoms with Crippen molar-refractivity contribution >= 4 is 11.7 Å². The van der Waals surface area contributed by atoms with Gasteiger partial charge in [0.2, 0.25) is 11.8 Å². The Balaban J connectivity index is 1.68. The molecule has 2 aromatic heterocycles. The Morgan fingerprint density at radius 3 is 2.62 bits per heavy atom. The molecule has 0 N–H and O–H groups in total. The molecule has 0 unspecified atom stereocenters. The summed E-state index contributed by atoms with van der Waals surface area (Å²) < 4.78 is 44.8. The summed E-state index contributed by atoms with van der Waals surface area (Å²) in [5, 5.41) is 13.8. The van der Waals surface area contributed by atoms with Gasteiger partial charge < -0.3 is 14.5 Å². The zero-order chi connectivity index (χ0) is 23.0. The summed E-state index contributed by atoms with van der Waals surface area (Å²) in [5.74, 6) is 0.0815. The Bertz CT molecular complexity index is 1060. The molecule has 0 bridgehead atoms. The van der Waals surface area contributed by atoms with E-state index in [4.69, 9.17) is 4.74 Å². The Hall–Kier alpha value is -3.36. The number of nitrogens with zero attached hydrogens (tertiary/aromatic N) is 7. The number of aromatic nitrogens is 4. The molecule has 4 rings (SSSR count). The largest absolute Gasteiger partial charge is 0.467 e. The monoisotopic (exact) mass is 449 g/mol. The van der Waals surface area contributed by atoms with Crippen molar-refractivity contribution in [2.75, 3.05) is 31.1 Å². The molecule has 3 heterocycles. The second-order valence-electron chi connectivity index (χ2n) is 8.07. The van der Waals surface area contributed by atoms with Crippen LogP contribution in [0.25, 0.3) is 11.4 Å². The van der Waals surface area contributed by atoms with Crippen LogP contribution in [0.5, 0.6) is 5.88 Å². The van der Waals surface area contributed by atoms with Crippen LogP contribution >= 0.6 is 0 Å². The Morgan fingerprint density at radius 2 is 2.06 bits per heavy atom. The molecule has 0 radical (unpaired) electrons. The number of piperazine rings is 1. The zero-order valence-corrected chi connectivity index (χ0v) is 17.6. The molecule has 2 aliphatic rings. The lowest BCUT2D eigenvalue weighted by Gasteiger charge is -2.40. The molecule has 1 amide bonds. The van der Waals surface area contributed by atoms with Crippen LogP contribution in [0.2, 0.25) is 0 Å². The minimum absolute atomic E-state index is 0.0947. The van der Waals surface area contributed by atoms with Crippen LogP contribution in [-0.2, 0) is 11.8 Å². The summed E-state index contributed by atoms with van der Waals surface area (Å²) in [4.78, 5) is 24.7. The molecule has 1 aliphatic heterocycles. The molecule has 170 valence electrons. The van der Waals surface area contributed by atoms with Crippen molar-refractivity contribution in [3.63, 3.8) is 0 Å². The Morgan fingerprint density at radius 1 is 1.31 bits per heavy atom. The number of anilines is 1. The van der Waals surface area contributed by atoms with Gasteiger partial charge in [0.25, 0.3) is 0 Å². The van der Waals surface area contributed by atoms with Gasteiger partial charge >= 0.3 is 6.18 Å². The number of nitriles is 1. The number of aryl methyl sites for hydroxylation is 1. The minimum Gasteiger partial charge on any atom is -0.467 e. The average molecular weight is 449 g/mol. The lowest BCUT2D eigenvalue weighted by Crippen LogP contribution is -2.55. The highest BCUT2D eigenvalue weighted by Crippen LogP contribution is 2.34. The van der Waals surface area contributed by atoms with E-state index in [0.29, 0.717) is 25.2 Å². The van der Waals surface area contributed by atoms with Crippen molar-refractivity contribution in [3.8, 4) is 23.3 Å². The van der Waals surface area contributed by atoms with Crippen LogP contribution < -0.4 is 9.64 Å². The van der Waals surface area contributed by atoms with Gasteiger partial charge in [0.05, 0.1) is 11.8 Å². The fourth-order valence-corrected chi connectivity index (χ4v) is 3.72. The predicted molar refractivity (Wildman–Crippen MR) is 107 cm³/mol. The molecule has 1 saturated heterocycles. The summed E-state index contributed by atoms with van der Waals surface area (Å²) in [6.45, 7) is 1.54. The van der Waals surface area contributed by atoms with E-state index in [9.17, 15) is 23.2 Å². The van der Waals surface area contributed by atoms with E-state index in [2.05, 4.69) is 15.1 Å². The van der Waals surface area contributed by atoms with Crippen LogP contribution in [0, 0.1) is 17.2 Å². The maximum atomic E-state index is 12.8. The van der Waals surface area contributed by atoms with E-state index in [1.165, 1.54) is 10.9 Å². The standard InChI is InChI=1S/C20H22F3N7O2/c1-12-9-29(5-6-30(12)19(31)13-3-4-13)17-15(7-24)18(32-11-20(21,22)23)27-16(26-17)14-8-25-28(2)10-14/h8,10,12-13H,3-6,9,11H2,1-2H3/t12-/m1/s1. The molecule has 0 spiro atoms. The smallest absolute Gasteiger partial charge is 0.422 e. The van der Waals surface area contributed by atoms with Gasteiger partial charge in [-0.15, -0.1) is 0 Å². The molecule has 1 aliphatic carbocycles. The van der Waals surface area contributed by atoms with E-state index in [0.717, 1.165) is 12.8 Å². The maximum absolute atomic E-state index is 12.8. The van der Waals surface area contributed by atoms with E-state index in [-0.39, 0.29) is 35.1 Å². The molecule has 1 saturated carbocycles. The first kappa shape index (κ1) is 21.9. The van der Waals surface area contributed by atoms with Crippen molar-refractivity contribution in [1.82, 2.24) is 24.6 Å². The minimum atomic E-state index is -4.59. The van der Waals surface area contributed by atoms with Crippen LogP contribution in [-0.4, -0.2) is 69.0 Å². The number of carbonyl (C=O) groups is 1. The molecular formula is C20H22F3N7O2. The van der Waals surface area contributed by atoms with Gasteiger partial charge in [0.15, 0.2) is 23.8 Å². The summed E-state index contributed by atoms with van der Waals surface area (Å²) >= 11 is 0. The number of hydrogen-bond acceptors (Lipinski definition) is 7. The van der Waals surface area contributed by atoms with Gasteiger partial charge in [-0.3, -0.25) is 9.48 Å². The zero-order valence-electron chi connectivity index (χ0n) is 17.6. The summed E-state index contributed by atoms with van der Waals surface area (Å²) in [5.41, 5.74) is 0.307. The third-order valence-corrected chi connectivity index (χ3v) is 5.44. The first-order valence-electron chi connectivity index (χ1n) is 10.2. The molecule has 2 fully saturated rings. The van der Waals surface area contributed by atoms with Crippen molar-refractivity contribution in [2.24, 2.45) is 13.0 Å². The lowest BCUT2D eigenvalue weighted by molar-refractivity contribution is -0.154. The number of alkyl halides is 3. The molecule has 1 atom stereocenters. The molecule has 9 nitrogen and oxygen atoms in total. The Kier molecular flexibility index (Phi) is 5.66. The van der Waals surface area contributed by atoms with Crippen LogP contribution in [0.4, 0.5) is 19.0 Å². The third-order valence-electron chi connectivity index (χ3n) is 5.44. The number of carbonyl (C=O) groups excluding carboxylic acids is 1. The number of hydrogen-bond donors (Lipinski definition) is 0. The summed E-state index contributed by atoms with van der Waals surface area (Å²) in [6.07, 6.45) is 0.325. The lowest BCUT2D eigenvalue weighted by atomic mass is 10.1. The molecule has 2 aromatic rings. The number of ether oxygens (including phenoxy) is 1. The van der Waals surface area contributed by atoms with Crippen molar-refractivity contribution in [1.29, 1.82) is 5.26 Å². The molecule has 32 heavy (non-hydrogen) atoms. The second kappa shape index (κ2) is 8.29. The fourth-order valence-electron chi connectivity index (χ4n) is 3.72. The van der Waals surface area contributed by atoms with Crippen molar-refractivity contribution in [2.45, 2.75) is 32.0 Å². The van der Waals surface area contributed by atoms with Gasteiger partial charge in [-0.25, -0.2) is 4.98 Å². The topological polar surface area (TPSA) is 100 Å². The van der Waals surface area contributed by atoms with Crippen molar-refractivity contribution < 1.29 is 22.7 Å². The quantitative estimate of drug-likeness (QED) is 0.689. The maximum Gasteiger partial charge on any atom is 0.422 e. The van der Waals surface area contributed by atoms with E-state index < -0.39 is 18.7 Å². The Labute approximate surface area is 182 Å². The third kappa shape index (κ3) is 4.61. The van der Waals surface area contributed by atoms with Gasteiger partial charge in [-0.1, -0.05) is 0 Å². The van der Waals surface area contributed by atoms with Crippen LogP contribution in [0.1, 0.15) is 25.3 Å². The first-order chi connectivity index (χ1) is 15.2. The molecule has 0 aromatic carbocycles. The summed E-state index contributed by atoms with van der Waals surface area (Å²) in [6, 6.07) is 1.76.